The van der Waals surface area contributed by atoms with Crippen molar-refractivity contribution in [3.63, 3.8) is 0 Å². The van der Waals surface area contributed by atoms with Gasteiger partial charge in [-0.05, 0) is 37.1 Å². The first-order chi connectivity index (χ1) is 9.22. The Morgan fingerprint density at radius 1 is 1.00 bits per heavy atom. The van der Waals surface area contributed by atoms with Crippen molar-refractivity contribution < 1.29 is 18.3 Å². The van der Waals surface area contributed by atoms with Crippen molar-refractivity contribution in [3.8, 4) is 0 Å². The van der Waals surface area contributed by atoms with E-state index in [4.69, 9.17) is 9.47 Å². The Balaban J connectivity index is 2.01. The van der Waals surface area contributed by atoms with Crippen LogP contribution in [0.3, 0.4) is 0 Å². The normalized spacial score (nSPS) is 10.9. The summed E-state index contributed by atoms with van der Waals surface area (Å²) in [5, 5.41) is 3.16. The van der Waals surface area contributed by atoms with Gasteiger partial charge in [0.15, 0.2) is 0 Å². The molecule has 19 heavy (non-hydrogen) atoms. The molecule has 0 heterocycles. The Morgan fingerprint density at radius 3 is 2.42 bits per heavy atom. The summed E-state index contributed by atoms with van der Waals surface area (Å²) in [4.78, 5) is 0. The molecule has 0 radical (unpaired) electrons. The Kier molecular flexibility index (Phi) is 8.29. The average Bonchev–Trinajstić information content (AvgIpc) is 2.36. The number of nitrogens with one attached hydrogen (secondary N) is 1. The van der Waals surface area contributed by atoms with Crippen LogP contribution in [-0.2, 0) is 15.9 Å². The number of rotatable bonds is 10. The molecule has 108 valence electrons. The number of hydrogen-bond acceptors (Lipinski definition) is 3. The smallest absolute Gasteiger partial charge is 0.126 e. The van der Waals surface area contributed by atoms with E-state index in [-0.39, 0.29) is 0 Å². The summed E-state index contributed by atoms with van der Waals surface area (Å²) in [6.45, 7) is 3.42. The lowest BCUT2D eigenvalue weighted by molar-refractivity contribution is 0.104. The Hall–Kier alpha value is -1.04. The Labute approximate surface area is 112 Å². The second-order valence-electron chi connectivity index (χ2n) is 4.24. The summed E-state index contributed by atoms with van der Waals surface area (Å²) in [6, 6.07) is 3.59. The van der Waals surface area contributed by atoms with E-state index in [1.54, 1.807) is 7.11 Å². The molecule has 0 fully saturated rings. The molecule has 1 aromatic carbocycles. The standard InChI is InChI=1S/C14H21F2NO2/c1-18-6-2-7-19-8-5-17-4-3-12-9-13(15)11-14(16)10-12/h9-11,17H,2-8H2,1H3. The highest BCUT2D eigenvalue weighted by Gasteiger charge is 2.00. The van der Waals surface area contributed by atoms with Crippen LogP contribution >= 0.6 is 0 Å². The zero-order valence-electron chi connectivity index (χ0n) is 11.3. The number of hydrogen-bond donors (Lipinski definition) is 1. The van der Waals surface area contributed by atoms with E-state index in [1.165, 1.54) is 12.1 Å². The zero-order chi connectivity index (χ0) is 13.9. The first-order valence-corrected chi connectivity index (χ1v) is 6.44. The molecular formula is C14H21F2NO2. The van der Waals surface area contributed by atoms with Gasteiger partial charge < -0.3 is 14.8 Å². The third-order valence-electron chi connectivity index (χ3n) is 2.57. The van der Waals surface area contributed by atoms with Crippen LogP contribution in [0.2, 0.25) is 0 Å². The predicted octanol–water partition coefficient (Wildman–Crippen LogP) is 2.15. The van der Waals surface area contributed by atoms with Crippen LogP contribution < -0.4 is 5.32 Å². The van der Waals surface area contributed by atoms with Gasteiger partial charge in [-0.1, -0.05) is 0 Å². The van der Waals surface area contributed by atoms with Gasteiger partial charge in [-0.2, -0.15) is 0 Å². The van der Waals surface area contributed by atoms with Crippen LogP contribution in [0.25, 0.3) is 0 Å². The third-order valence-corrected chi connectivity index (χ3v) is 2.57. The Bertz CT molecular complexity index is 341. The Morgan fingerprint density at radius 2 is 1.74 bits per heavy atom. The van der Waals surface area contributed by atoms with Crippen LogP contribution in [0, 0.1) is 11.6 Å². The molecule has 0 aliphatic heterocycles. The summed E-state index contributed by atoms with van der Waals surface area (Å²) in [5.74, 6) is -1.06. The van der Waals surface area contributed by atoms with Crippen molar-refractivity contribution in [2.75, 3.05) is 40.0 Å². The van der Waals surface area contributed by atoms with Crippen molar-refractivity contribution in [2.45, 2.75) is 12.8 Å². The van der Waals surface area contributed by atoms with Crippen LogP contribution in [0.1, 0.15) is 12.0 Å². The fourth-order valence-corrected chi connectivity index (χ4v) is 1.66. The third kappa shape index (κ3) is 7.87. The van der Waals surface area contributed by atoms with Gasteiger partial charge in [0.1, 0.15) is 11.6 Å². The van der Waals surface area contributed by atoms with Gasteiger partial charge in [-0.3, -0.25) is 0 Å². The van der Waals surface area contributed by atoms with Gasteiger partial charge in [-0.15, -0.1) is 0 Å². The number of ether oxygens (including phenoxy) is 2. The minimum absolute atomic E-state index is 0.531. The SMILES string of the molecule is COCCCOCCNCCc1cc(F)cc(F)c1. The van der Waals surface area contributed by atoms with Crippen molar-refractivity contribution >= 4 is 0 Å². The second kappa shape index (κ2) is 9.83. The van der Waals surface area contributed by atoms with Crippen molar-refractivity contribution in [3.05, 3.63) is 35.4 Å². The maximum atomic E-state index is 12.9. The largest absolute Gasteiger partial charge is 0.385 e. The van der Waals surface area contributed by atoms with Gasteiger partial charge in [0.2, 0.25) is 0 Å². The molecule has 0 aromatic heterocycles. The van der Waals surface area contributed by atoms with E-state index in [0.29, 0.717) is 38.3 Å². The number of methoxy groups -OCH3 is 1. The molecule has 1 N–H and O–H groups in total. The summed E-state index contributed by atoms with van der Waals surface area (Å²) in [7, 11) is 1.66. The summed E-state index contributed by atoms with van der Waals surface area (Å²) < 4.78 is 36.1. The first kappa shape index (κ1) is 16.0. The minimum atomic E-state index is -0.531. The van der Waals surface area contributed by atoms with E-state index >= 15 is 0 Å². The molecular weight excluding hydrogens is 252 g/mol. The van der Waals surface area contributed by atoms with Gasteiger partial charge in [0.05, 0.1) is 6.61 Å². The molecule has 0 saturated carbocycles. The zero-order valence-corrected chi connectivity index (χ0v) is 11.3. The maximum absolute atomic E-state index is 12.9. The highest BCUT2D eigenvalue weighted by Crippen LogP contribution is 2.07. The summed E-state index contributed by atoms with van der Waals surface area (Å²) in [5.41, 5.74) is 0.658. The topological polar surface area (TPSA) is 30.5 Å². The van der Waals surface area contributed by atoms with Gasteiger partial charge in [0.25, 0.3) is 0 Å². The van der Waals surface area contributed by atoms with E-state index in [2.05, 4.69) is 5.32 Å². The molecule has 3 nitrogen and oxygen atoms in total. The molecule has 0 unspecified atom stereocenters. The fraction of sp³-hybridized carbons (Fsp3) is 0.571. The van der Waals surface area contributed by atoms with E-state index in [1.807, 2.05) is 0 Å². The van der Waals surface area contributed by atoms with Gasteiger partial charge >= 0.3 is 0 Å². The highest BCUT2D eigenvalue weighted by atomic mass is 19.1. The molecule has 0 spiro atoms. The predicted molar refractivity (Wildman–Crippen MR) is 70.2 cm³/mol. The second-order valence-corrected chi connectivity index (χ2v) is 4.24. The van der Waals surface area contributed by atoms with Crippen molar-refractivity contribution in [2.24, 2.45) is 0 Å². The van der Waals surface area contributed by atoms with Crippen molar-refractivity contribution in [1.29, 1.82) is 0 Å². The van der Waals surface area contributed by atoms with E-state index < -0.39 is 11.6 Å². The minimum Gasteiger partial charge on any atom is -0.385 e. The van der Waals surface area contributed by atoms with Gasteiger partial charge in [-0.25, -0.2) is 8.78 Å². The number of benzene rings is 1. The molecule has 5 heteroatoms. The van der Waals surface area contributed by atoms with E-state index in [9.17, 15) is 8.78 Å². The van der Waals surface area contributed by atoms with Crippen molar-refractivity contribution in [1.82, 2.24) is 5.32 Å². The molecule has 0 aliphatic carbocycles. The molecule has 0 amide bonds. The number of halogens is 2. The summed E-state index contributed by atoms with van der Waals surface area (Å²) >= 11 is 0. The lowest BCUT2D eigenvalue weighted by Gasteiger charge is -2.06. The maximum Gasteiger partial charge on any atom is 0.126 e. The molecule has 1 aromatic rings. The molecule has 0 atom stereocenters. The highest BCUT2D eigenvalue weighted by molar-refractivity contribution is 5.18. The van der Waals surface area contributed by atoms with Crippen LogP contribution in [0.4, 0.5) is 8.78 Å². The van der Waals surface area contributed by atoms with Crippen LogP contribution in [0.15, 0.2) is 18.2 Å². The van der Waals surface area contributed by atoms with Crippen LogP contribution in [0.5, 0.6) is 0 Å². The monoisotopic (exact) mass is 273 g/mol. The van der Waals surface area contributed by atoms with E-state index in [0.717, 1.165) is 19.0 Å². The quantitative estimate of drug-likeness (QED) is 0.663. The summed E-state index contributed by atoms with van der Waals surface area (Å²) in [6.07, 6.45) is 1.48. The van der Waals surface area contributed by atoms with Crippen LogP contribution in [-0.4, -0.2) is 40.0 Å². The average molecular weight is 273 g/mol. The lowest BCUT2D eigenvalue weighted by Crippen LogP contribution is -2.22. The molecule has 0 saturated heterocycles. The fourth-order valence-electron chi connectivity index (χ4n) is 1.66. The van der Waals surface area contributed by atoms with Gasteiger partial charge in [0, 0.05) is 32.9 Å². The first-order valence-electron chi connectivity index (χ1n) is 6.44. The lowest BCUT2D eigenvalue weighted by atomic mass is 10.1. The molecule has 1 rings (SSSR count). The molecule has 0 aliphatic rings. The molecule has 0 bridgehead atoms.